The van der Waals surface area contributed by atoms with Crippen molar-refractivity contribution in [3.8, 4) is 11.5 Å². The highest BCUT2D eigenvalue weighted by Gasteiger charge is 2.37. The molecule has 1 atom stereocenters. The van der Waals surface area contributed by atoms with Crippen molar-refractivity contribution >= 4 is 50.2 Å². The van der Waals surface area contributed by atoms with Gasteiger partial charge in [-0.15, -0.1) is 0 Å². The number of carbonyl (C=O) groups is 2. The minimum Gasteiger partial charge on any atom is -0.504 e. The molecule has 0 saturated heterocycles. The van der Waals surface area contributed by atoms with Crippen molar-refractivity contribution in [3.63, 3.8) is 0 Å². The monoisotopic (exact) mass is 617 g/mol. The van der Waals surface area contributed by atoms with Gasteiger partial charge < -0.3 is 20.5 Å². The number of nitro groups is 1. The van der Waals surface area contributed by atoms with Crippen LogP contribution in [0.2, 0.25) is 0 Å². The molecule has 12 nitrogen and oxygen atoms in total. The van der Waals surface area contributed by atoms with Crippen LogP contribution in [0, 0.1) is 10.1 Å². The Hall–Kier alpha value is -5.27. The van der Waals surface area contributed by atoms with E-state index in [2.05, 4.69) is 0 Å². The lowest BCUT2D eigenvalue weighted by Crippen LogP contribution is -2.29. The number of phenols is 1. The average molecular weight is 618 g/mol. The van der Waals surface area contributed by atoms with Gasteiger partial charge in [0, 0.05) is 30.2 Å². The molecule has 1 aliphatic heterocycles. The summed E-state index contributed by atoms with van der Waals surface area (Å²) in [6.07, 6.45) is 2.70. The molecule has 226 valence electrons. The quantitative estimate of drug-likeness (QED) is 0.114. The molecule has 5 rings (SSSR count). The molecule has 0 radical (unpaired) electrons. The van der Waals surface area contributed by atoms with Crippen molar-refractivity contribution in [3.05, 3.63) is 111 Å². The molecule has 0 bridgehead atoms. The van der Waals surface area contributed by atoms with Crippen LogP contribution in [-0.2, 0) is 24.8 Å². The van der Waals surface area contributed by atoms with E-state index in [4.69, 9.17) is 14.7 Å². The molecule has 0 aliphatic carbocycles. The Morgan fingerprint density at radius 2 is 1.84 bits per heavy atom. The van der Waals surface area contributed by atoms with E-state index in [1.54, 1.807) is 36.4 Å². The third kappa shape index (κ3) is 6.23. The normalized spacial score (nSPS) is 14.6. The first-order valence-electron chi connectivity index (χ1n) is 13.3. The van der Waals surface area contributed by atoms with Crippen LogP contribution in [0.4, 0.5) is 11.4 Å². The number of fused-ring (bicyclic) bond motifs is 3. The number of nitrogens with zero attached hydrogens (tertiary/aromatic N) is 2. The second kappa shape index (κ2) is 12.1. The van der Waals surface area contributed by atoms with Crippen LogP contribution in [0.15, 0.2) is 78.9 Å². The molecule has 0 fully saturated rings. The molecule has 4 aromatic rings. The highest BCUT2D eigenvalue weighted by atomic mass is 32.2. The molecule has 1 unspecified atom stereocenters. The fourth-order valence-electron chi connectivity index (χ4n) is 5.20. The molecule has 2 amide bonds. The predicted octanol–water partition coefficient (Wildman–Crippen LogP) is 4.25. The summed E-state index contributed by atoms with van der Waals surface area (Å²) in [4.78, 5) is 38.2. The van der Waals surface area contributed by atoms with Crippen molar-refractivity contribution in [2.45, 2.75) is 11.7 Å². The molecule has 0 spiro atoms. The Morgan fingerprint density at radius 3 is 2.50 bits per heavy atom. The summed E-state index contributed by atoms with van der Waals surface area (Å²) in [5.74, 6) is -2.25. The van der Waals surface area contributed by atoms with Gasteiger partial charge in [-0.3, -0.25) is 23.9 Å². The first kappa shape index (κ1) is 30.2. The Morgan fingerprint density at radius 1 is 1.09 bits per heavy atom. The number of methoxy groups -OCH3 is 1. The van der Waals surface area contributed by atoms with Crippen molar-refractivity contribution in [2.75, 3.05) is 25.2 Å². The number of hydrogen-bond acceptors (Lipinski definition) is 9. The van der Waals surface area contributed by atoms with Crippen LogP contribution in [0.3, 0.4) is 0 Å². The van der Waals surface area contributed by atoms with Crippen molar-refractivity contribution in [1.29, 1.82) is 0 Å². The number of aromatic hydroxyl groups is 1. The first-order valence-corrected chi connectivity index (χ1v) is 14.9. The van der Waals surface area contributed by atoms with Gasteiger partial charge in [-0.25, -0.2) is 0 Å². The Balaban J connectivity index is 1.54. The third-order valence-corrected chi connectivity index (χ3v) is 8.42. The number of primary amides is 1. The summed E-state index contributed by atoms with van der Waals surface area (Å²) < 4.78 is 36.2. The number of non-ortho nitro benzene ring substituents is 1. The van der Waals surface area contributed by atoms with Crippen LogP contribution in [0.25, 0.3) is 16.8 Å². The van der Waals surface area contributed by atoms with Crippen molar-refractivity contribution < 1.29 is 37.0 Å². The molecule has 1 aliphatic rings. The number of ether oxygens (including phenoxy) is 1. The molecule has 0 aromatic heterocycles. The summed E-state index contributed by atoms with van der Waals surface area (Å²) in [5.41, 5.74) is 6.80. The lowest BCUT2D eigenvalue weighted by atomic mass is 9.93. The van der Waals surface area contributed by atoms with E-state index in [0.29, 0.717) is 22.1 Å². The fourth-order valence-corrected chi connectivity index (χ4v) is 6.26. The van der Waals surface area contributed by atoms with Gasteiger partial charge >= 0.3 is 0 Å². The first-order chi connectivity index (χ1) is 21.0. The second-order valence-electron chi connectivity index (χ2n) is 10.1. The highest BCUT2D eigenvalue weighted by molar-refractivity contribution is 7.85. The summed E-state index contributed by atoms with van der Waals surface area (Å²) in [6, 6.07) is 18.5. The minimum atomic E-state index is -4.03. The number of anilines is 1. The number of carbonyl (C=O) groups excluding carboxylic acids is 2. The largest absolute Gasteiger partial charge is 0.504 e. The van der Waals surface area contributed by atoms with Crippen LogP contribution in [0.5, 0.6) is 11.5 Å². The van der Waals surface area contributed by atoms with Crippen molar-refractivity contribution in [1.82, 2.24) is 0 Å². The van der Waals surface area contributed by atoms with Crippen LogP contribution in [0.1, 0.15) is 33.0 Å². The van der Waals surface area contributed by atoms with Crippen LogP contribution < -0.4 is 15.4 Å². The number of phenolic OH excluding ortho intramolecular Hbond substituents is 1. The topological polar surface area (TPSA) is 179 Å². The van der Waals surface area contributed by atoms with E-state index < -0.39 is 32.8 Å². The highest BCUT2D eigenvalue weighted by Crippen LogP contribution is 2.45. The zero-order chi connectivity index (χ0) is 31.6. The molecule has 4 aromatic carbocycles. The number of amides is 2. The molecule has 44 heavy (non-hydrogen) atoms. The smallest absolute Gasteiger partial charge is 0.279 e. The van der Waals surface area contributed by atoms with Gasteiger partial charge in [0.1, 0.15) is 5.75 Å². The zero-order valence-electron chi connectivity index (χ0n) is 23.4. The van der Waals surface area contributed by atoms with E-state index >= 15 is 0 Å². The standard InChI is InChI=1S/C31H27N3O9S/c1-42-28-11-7-19(13-27(28)35)8-12-29(36)33-16-22(17-43-44(40,41)18-20-5-3-2-4-6-20)30-23-10-9-21(31(32)37)14-24(23)25(34(38)39)15-26(30)33/h2-15,22,35H,16-18H2,1H3,(H2,32,37)/b12-8+. The lowest BCUT2D eigenvalue weighted by Gasteiger charge is -2.16. The van der Waals surface area contributed by atoms with Crippen LogP contribution in [-0.4, -0.2) is 50.5 Å². The van der Waals surface area contributed by atoms with Gasteiger partial charge in [-0.2, -0.15) is 8.42 Å². The van der Waals surface area contributed by atoms with Crippen LogP contribution >= 0.6 is 0 Å². The number of nitrogens with two attached hydrogens (primary N) is 1. The van der Waals surface area contributed by atoms with Gasteiger partial charge in [-0.05, 0) is 52.4 Å². The zero-order valence-corrected chi connectivity index (χ0v) is 24.2. The van der Waals surface area contributed by atoms with Gasteiger partial charge in [-0.1, -0.05) is 42.5 Å². The molecule has 13 heteroatoms. The summed E-state index contributed by atoms with van der Waals surface area (Å²) in [5, 5.41) is 22.7. The maximum absolute atomic E-state index is 13.5. The number of rotatable bonds is 10. The molecular formula is C31H27N3O9S. The Kier molecular flexibility index (Phi) is 8.34. The number of hydrogen-bond donors (Lipinski definition) is 2. The fraction of sp³-hybridized carbons (Fsp3) is 0.161. The average Bonchev–Trinajstić information content (AvgIpc) is 3.37. The third-order valence-electron chi connectivity index (χ3n) is 7.24. The van der Waals surface area contributed by atoms with E-state index in [1.165, 1.54) is 60.6 Å². The number of nitro benzene ring substituents is 1. The van der Waals surface area contributed by atoms with E-state index in [-0.39, 0.29) is 52.7 Å². The minimum absolute atomic E-state index is 0.0406. The second-order valence-corrected chi connectivity index (χ2v) is 11.7. The van der Waals surface area contributed by atoms with Gasteiger partial charge in [0.2, 0.25) is 5.91 Å². The maximum atomic E-state index is 13.5. The maximum Gasteiger partial charge on any atom is 0.279 e. The summed E-state index contributed by atoms with van der Waals surface area (Å²) >= 11 is 0. The van der Waals surface area contributed by atoms with E-state index in [9.17, 15) is 33.2 Å². The Labute approximate surface area is 252 Å². The van der Waals surface area contributed by atoms with Gasteiger partial charge in [0.25, 0.3) is 21.7 Å². The van der Waals surface area contributed by atoms with Crippen molar-refractivity contribution in [2.24, 2.45) is 5.73 Å². The predicted molar refractivity (Wildman–Crippen MR) is 163 cm³/mol. The number of benzene rings is 4. The van der Waals surface area contributed by atoms with Gasteiger partial charge in [0.05, 0.1) is 29.7 Å². The van der Waals surface area contributed by atoms with E-state index in [1.807, 2.05) is 0 Å². The Bertz CT molecular complexity index is 1930. The van der Waals surface area contributed by atoms with E-state index in [0.717, 1.165) is 0 Å². The molecular weight excluding hydrogens is 590 g/mol. The SMILES string of the molecule is COc1ccc(/C=C/C(=O)N2CC(COS(=O)(=O)Cc3ccccc3)c3c2cc([N+](=O)[O-])c2cc(C(N)=O)ccc32)cc1O. The molecule has 1 heterocycles. The molecule has 0 saturated carbocycles. The summed E-state index contributed by atoms with van der Waals surface area (Å²) in [7, 11) is -2.63. The van der Waals surface area contributed by atoms with Gasteiger partial charge in [0.15, 0.2) is 11.5 Å². The summed E-state index contributed by atoms with van der Waals surface area (Å²) in [6.45, 7) is -0.381. The molecule has 3 N–H and O–H groups in total. The lowest BCUT2D eigenvalue weighted by molar-refractivity contribution is -0.383.